The van der Waals surface area contributed by atoms with Gasteiger partial charge in [0.25, 0.3) is 10.0 Å². The van der Waals surface area contributed by atoms with Crippen LogP contribution in [0.15, 0.2) is 47.4 Å². The summed E-state index contributed by atoms with van der Waals surface area (Å²) in [4.78, 5) is 26.1. The number of anilines is 2. The third-order valence-electron chi connectivity index (χ3n) is 5.89. The molecule has 9 heteroatoms. The van der Waals surface area contributed by atoms with Crippen LogP contribution in [0.25, 0.3) is 0 Å². The molecule has 0 saturated carbocycles. The molecule has 1 atom stereocenters. The van der Waals surface area contributed by atoms with E-state index in [1.165, 1.54) is 12.1 Å². The van der Waals surface area contributed by atoms with Crippen LogP contribution >= 0.6 is 0 Å². The first-order valence-electron chi connectivity index (χ1n) is 11.3. The van der Waals surface area contributed by atoms with Gasteiger partial charge >= 0.3 is 11.9 Å². The lowest BCUT2D eigenvalue weighted by Crippen LogP contribution is -2.40. The van der Waals surface area contributed by atoms with Crippen molar-refractivity contribution in [3.05, 3.63) is 53.6 Å². The van der Waals surface area contributed by atoms with Gasteiger partial charge in [0, 0.05) is 18.8 Å². The fourth-order valence-corrected chi connectivity index (χ4v) is 5.09. The quantitative estimate of drug-likeness (QED) is 0.560. The van der Waals surface area contributed by atoms with Crippen LogP contribution in [-0.4, -0.2) is 45.2 Å². The van der Waals surface area contributed by atoms with E-state index < -0.39 is 16.0 Å². The molecule has 2 aromatic carbocycles. The molecule has 0 bridgehead atoms. The molecule has 184 valence electrons. The number of carbonyl (C=O) groups excluding carboxylic acids is 1. The summed E-state index contributed by atoms with van der Waals surface area (Å²) in [6, 6.07) is 11.1. The summed E-state index contributed by atoms with van der Waals surface area (Å²) >= 11 is 0. The average Bonchev–Trinajstić information content (AvgIpc) is 2.78. The molecule has 0 radical (unpaired) electrons. The van der Waals surface area contributed by atoms with Crippen molar-refractivity contribution in [3.8, 4) is 0 Å². The van der Waals surface area contributed by atoms with Crippen LogP contribution in [0.1, 0.15) is 56.5 Å². The number of aromatic carboxylic acids is 1. The molecule has 1 aliphatic heterocycles. The fourth-order valence-electron chi connectivity index (χ4n) is 4.04. The zero-order valence-corrected chi connectivity index (χ0v) is 20.8. The van der Waals surface area contributed by atoms with Gasteiger partial charge in [-0.1, -0.05) is 32.9 Å². The van der Waals surface area contributed by atoms with Crippen LogP contribution in [0.2, 0.25) is 0 Å². The molecule has 3 rings (SSSR count). The maximum absolute atomic E-state index is 12.9. The summed E-state index contributed by atoms with van der Waals surface area (Å²) in [7, 11) is -3.90. The minimum absolute atomic E-state index is 0.0345. The third-order valence-corrected chi connectivity index (χ3v) is 7.29. The van der Waals surface area contributed by atoms with E-state index in [4.69, 9.17) is 4.74 Å². The van der Waals surface area contributed by atoms with E-state index in [1.54, 1.807) is 37.3 Å². The molecule has 0 aliphatic carbocycles. The number of carbonyl (C=O) groups is 2. The first kappa shape index (κ1) is 25.6. The summed E-state index contributed by atoms with van der Waals surface area (Å²) in [5.41, 5.74) is 1.46. The Labute approximate surface area is 201 Å². The topological polar surface area (TPSA) is 113 Å². The van der Waals surface area contributed by atoms with Crippen molar-refractivity contribution in [2.45, 2.75) is 50.8 Å². The molecule has 0 amide bonds. The van der Waals surface area contributed by atoms with Crippen molar-refractivity contribution < 1.29 is 27.9 Å². The van der Waals surface area contributed by atoms with Gasteiger partial charge in [-0.3, -0.25) is 9.52 Å². The lowest BCUT2D eigenvalue weighted by Gasteiger charge is -2.34. The maximum Gasteiger partial charge on any atom is 0.337 e. The third kappa shape index (κ3) is 5.88. The first-order chi connectivity index (χ1) is 15.9. The van der Waals surface area contributed by atoms with E-state index in [1.807, 2.05) is 25.7 Å². The van der Waals surface area contributed by atoms with Gasteiger partial charge in [-0.25, -0.2) is 13.2 Å². The highest BCUT2D eigenvalue weighted by molar-refractivity contribution is 7.92. The Morgan fingerprint density at radius 1 is 1.15 bits per heavy atom. The van der Waals surface area contributed by atoms with Gasteiger partial charge in [0.1, 0.15) is 0 Å². The molecule has 1 heterocycles. The number of carboxylic acid groups (broad SMARTS) is 1. The Balaban J connectivity index is 1.84. The number of esters is 1. The highest BCUT2D eigenvalue weighted by atomic mass is 32.2. The Hall–Kier alpha value is -3.07. The standard InChI is InChI=1S/C25H32N2O6S/c1-5-33-24(30)17-7-6-14-27(16-17)22-13-10-19(15-21(22)23(28)29)26-34(31,32)20-11-8-18(9-12-20)25(2,3)4/h8-13,15,17,26H,5-7,14,16H2,1-4H3,(H,28,29)/t17-/m0/s1. The van der Waals surface area contributed by atoms with Crippen molar-refractivity contribution >= 4 is 33.3 Å². The number of ether oxygens (including phenoxy) is 1. The van der Waals surface area contributed by atoms with E-state index in [2.05, 4.69) is 4.72 Å². The van der Waals surface area contributed by atoms with Gasteiger partial charge in [-0.2, -0.15) is 0 Å². The van der Waals surface area contributed by atoms with Crippen molar-refractivity contribution in [2.75, 3.05) is 29.3 Å². The minimum atomic E-state index is -3.90. The molecule has 2 aromatic rings. The second-order valence-electron chi connectivity index (χ2n) is 9.45. The van der Waals surface area contributed by atoms with Gasteiger partial charge < -0.3 is 14.7 Å². The second kappa shape index (κ2) is 10.0. The maximum atomic E-state index is 12.9. The van der Waals surface area contributed by atoms with Crippen LogP contribution in [0.5, 0.6) is 0 Å². The fraction of sp³-hybridized carbons (Fsp3) is 0.440. The molecule has 2 N–H and O–H groups in total. The number of hydrogen-bond acceptors (Lipinski definition) is 6. The second-order valence-corrected chi connectivity index (χ2v) is 11.1. The number of piperidine rings is 1. The van der Waals surface area contributed by atoms with E-state index in [0.29, 0.717) is 31.8 Å². The van der Waals surface area contributed by atoms with Crippen molar-refractivity contribution in [1.29, 1.82) is 0 Å². The average molecular weight is 489 g/mol. The summed E-state index contributed by atoms with van der Waals surface area (Å²) in [6.07, 6.45) is 1.41. The van der Waals surface area contributed by atoms with E-state index in [-0.39, 0.29) is 33.4 Å². The normalized spacial score (nSPS) is 16.7. The molecule has 1 saturated heterocycles. The summed E-state index contributed by atoms with van der Waals surface area (Å²) in [5.74, 6) is -1.79. The van der Waals surface area contributed by atoms with Gasteiger partial charge in [-0.05, 0) is 61.1 Å². The zero-order valence-electron chi connectivity index (χ0n) is 20.0. The lowest BCUT2D eigenvalue weighted by molar-refractivity contribution is -0.148. The van der Waals surface area contributed by atoms with Gasteiger partial charge in [0.05, 0.1) is 28.7 Å². The molecule has 8 nitrogen and oxygen atoms in total. The summed E-state index contributed by atoms with van der Waals surface area (Å²) in [6.45, 7) is 9.12. The highest BCUT2D eigenvalue weighted by Crippen LogP contribution is 2.30. The van der Waals surface area contributed by atoms with Crippen molar-refractivity contribution in [1.82, 2.24) is 0 Å². The van der Waals surface area contributed by atoms with E-state index in [9.17, 15) is 23.1 Å². The Kier molecular flexibility index (Phi) is 7.55. The largest absolute Gasteiger partial charge is 0.478 e. The summed E-state index contributed by atoms with van der Waals surface area (Å²) < 4.78 is 33.4. The smallest absolute Gasteiger partial charge is 0.337 e. The lowest BCUT2D eigenvalue weighted by atomic mass is 9.87. The number of sulfonamides is 1. The molecular formula is C25H32N2O6S. The molecule has 0 unspecified atom stereocenters. The van der Waals surface area contributed by atoms with Gasteiger partial charge in [0.15, 0.2) is 0 Å². The molecule has 0 spiro atoms. The molecule has 1 aliphatic rings. The van der Waals surface area contributed by atoms with Crippen molar-refractivity contribution in [3.63, 3.8) is 0 Å². The van der Waals surface area contributed by atoms with E-state index in [0.717, 1.165) is 12.0 Å². The molecule has 0 aromatic heterocycles. The number of hydrogen-bond donors (Lipinski definition) is 2. The monoisotopic (exact) mass is 488 g/mol. The molecular weight excluding hydrogens is 456 g/mol. The number of benzene rings is 2. The van der Waals surface area contributed by atoms with Crippen molar-refractivity contribution in [2.24, 2.45) is 5.92 Å². The Morgan fingerprint density at radius 3 is 2.41 bits per heavy atom. The number of rotatable bonds is 7. The Bertz CT molecular complexity index is 1150. The van der Waals surface area contributed by atoms with Gasteiger partial charge in [-0.15, -0.1) is 0 Å². The molecule has 34 heavy (non-hydrogen) atoms. The van der Waals surface area contributed by atoms with Crippen LogP contribution < -0.4 is 9.62 Å². The van der Waals surface area contributed by atoms with Crippen LogP contribution in [0, 0.1) is 5.92 Å². The zero-order chi connectivity index (χ0) is 25.1. The molecule has 1 fully saturated rings. The first-order valence-corrected chi connectivity index (χ1v) is 12.8. The number of nitrogens with zero attached hydrogens (tertiary/aromatic N) is 1. The predicted molar refractivity (Wildman–Crippen MR) is 131 cm³/mol. The van der Waals surface area contributed by atoms with Crippen LogP contribution in [0.3, 0.4) is 0 Å². The summed E-state index contributed by atoms with van der Waals surface area (Å²) in [5, 5.41) is 9.81. The van der Waals surface area contributed by atoms with E-state index >= 15 is 0 Å². The highest BCUT2D eigenvalue weighted by Gasteiger charge is 2.29. The number of carboxylic acids is 1. The minimum Gasteiger partial charge on any atom is -0.478 e. The number of nitrogens with one attached hydrogen (secondary N) is 1. The SMILES string of the molecule is CCOC(=O)[C@H]1CCCN(c2ccc(NS(=O)(=O)c3ccc(C(C)(C)C)cc3)cc2C(=O)O)C1. The van der Waals surface area contributed by atoms with Crippen LogP contribution in [-0.2, 0) is 25.0 Å². The Morgan fingerprint density at radius 2 is 1.82 bits per heavy atom. The van der Waals surface area contributed by atoms with Crippen LogP contribution in [0.4, 0.5) is 11.4 Å². The predicted octanol–water partition coefficient (Wildman–Crippen LogP) is 4.26. The van der Waals surface area contributed by atoms with Gasteiger partial charge in [0.2, 0.25) is 0 Å².